The maximum absolute atomic E-state index is 14.1. The first kappa shape index (κ1) is 50.5. The van der Waals surface area contributed by atoms with Crippen molar-refractivity contribution < 1.29 is 19.5 Å². The summed E-state index contributed by atoms with van der Waals surface area (Å²) in [5.74, 6) is 0.508. The molecule has 3 atom stereocenters. The minimum atomic E-state index is -0.840. The van der Waals surface area contributed by atoms with Crippen molar-refractivity contribution in [2.24, 2.45) is 5.41 Å². The third kappa shape index (κ3) is 12.4. The number of nitrogens with one attached hydrogen (secondary N) is 4. The number of aromatic nitrogens is 5. The van der Waals surface area contributed by atoms with Crippen molar-refractivity contribution in [1.29, 1.82) is 0 Å². The van der Waals surface area contributed by atoms with Gasteiger partial charge in [-0.25, -0.2) is 15.0 Å². The number of para-hydroxylation sites is 1. The molecule has 3 unspecified atom stereocenters. The van der Waals surface area contributed by atoms with E-state index in [9.17, 15) is 19.5 Å². The number of hydrogen-bond donors (Lipinski definition) is 5. The first-order valence-electron chi connectivity index (χ1n) is 25.8. The first-order chi connectivity index (χ1) is 34.9. The van der Waals surface area contributed by atoms with Crippen molar-refractivity contribution in [3.8, 4) is 10.4 Å². The normalized spacial score (nSPS) is 18.1. The molecule has 3 aromatic carbocycles. The average Bonchev–Trinajstić information content (AvgIpc) is 4.21. The van der Waals surface area contributed by atoms with Gasteiger partial charge in [-0.3, -0.25) is 23.9 Å². The van der Waals surface area contributed by atoms with Gasteiger partial charge in [0.05, 0.1) is 28.4 Å². The lowest BCUT2D eigenvalue weighted by Gasteiger charge is -2.36. The summed E-state index contributed by atoms with van der Waals surface area (Å²) < 4.78 is 2.26. The minimum Gasteiger partial charge on any atom is -0.391 e. The van der Waals surface area contributed by atoms with E-state index in [0.29, 0.717) is 25.0 Å². The topological polar surface area (TPSA) is 186 Å². The van der Waals surface area contributed by atoms with Gasteiger partial charge in [-0.1, -0.05) is 88.9 Å². The zero-order chi connectivity index (χ0) is 50.2. The van der Waals surface area contributed by atoms with Crippen LogP contribution in [0.25, 0.3) is 21.6 Å². The quantitative estimate of drug-likeness (QED) is 0.0487. The van der Waals surface area contributed by atoms with Gasteiger partial charge in [-0.05, 0) is 92.1 Å². The second-order valence-corrected chi connectivity index (χ2v) is 21.6. The van der Waals surface area contributed by atoms with Gasteiger partial charge in [-0.2, -0.15) is 4.98 Å². The molecule has 1 aliphatic carbocycles. The number of carbonyl (C=O) groups excluding carboxylic acids is 3. The fourth-order valence-corrected chi connectivity index (χ4v) is 11.1. The van der Waals surface area contributed by atoms with Gasteiger partial charge in [-0.15, -0.1) is 11.3 Å². The Bertz CT molecular complexity index is 2760. The molecule has 5 heterocycles. The SMILES string of the molecule is Cc1ncsc1-c1ccc(CNC(=O)C2CC(O)CN2C(=O)C(NC(=O)CCCCCCN2CCN(c3ccc(Nc4ncc5nc(Nc6ccccc6)n(C6CCCC6)c5n4)cc3)CC2)C(C)(C)C)cc1. The van der Waals surface area contributed by atoms with Crippen LogP contribution in [0.5, 0.6) is 0 Å². The number of likely N-dealkylation sites (tertiary alicyclic amines) is 1. The maximum Gasteiger partial charge on any atom is 0.246 e. The molecule has 17 heteroatoms. The summed E-state index contributed by atoms with van der Waals surface area (Å²) in [4.78, 5) is 67.3. The number of imidazole rings is 1. The largest absolute Gasteiger partial charge is 0.391 e. The van der Waals surface area contributed by atoms with Crippen molar-refractivity contribution in [2.45, 2.75) is 123 Å². The Kier molecular flexibility index (Phi) is 16.1. The molecule has 0 spiro atoms. The van der Waals surface area contributed by atoms with Gasteiger partial charge in [0.1, 0.15) is 17.6 Å². The molecular formula is C55H70N12O4S. The van der Waals surface area contributed by atoms with Crippen LogP contribution in [-0.2, 0) is 20.9 Å². The summed E-state index contributed by atoms with van der Waals surface area (Å²) in [6.07, 6.45) is 9.81. The fraction of sp³-hybridized carbons (Fsp3) is 0.473. The second-order valence-electron chi connectivity index (χ2n) is 20.7. The van der Waals surface area contributed by atoms with Gasteiger partial charge in [0.25, 0.3) is 0 Å². The molecule has 72 heavy (non-hydrogen) atoms. The molecule has 3 amide bonds. The Hall–Kier alpha value is -6.43. The molecule has 380 valence electrons. The molecule has 6 aromatic rings. The first-order valence-corrected chi connectivity index (χ1v) is 26.7. The van der Waals surface area contributed by atoms with Crippen LogP contribution in [-0.4, -0.2) is 115 Å². The number of fused-ring (bicyclic) bond motifs is 1. The molecule has 0 bridgehead atoms. The second kappa shape index (κ2) is 23.0. The van der Waals surface area contributed by atoms with Crippen LogP contribution in [0.3, 0.4) is 0 Å². The molecule has 16 nitrogen and oxygen atoms in total. The third-order valence-corrected chi connectivity index (χ3v) is 15.3. The molecule has 5 N–H and O–H groups in total. The molecular weight excluding hydrogens is 925 g/mol. The Balaban J connectivity index is 0.683. The highest BCUT2D eigenvalue weighted by molar-refractivity contribution is 7.13. The van der Waals surface area contributed by atoms with Crippen molar-refractivity contribution in [3.63, 3.8) is 0 Å². The number of β-amino-alcohol motifs (C(OH)–C–C–N with tert-alkyl or cyclic N) is 1. The standard InChI is InChI=1S/C55H70N12O4S/c1-37-48(72-36-58-37)39-21-19-38(20-22-39)33-56-51(70)46-32-44(68)35-66(46)52(71)49(55(2,3)4)62-47(69)18-10-5-6-13-27-64-28-30-65(31-29-64)42-25-23-41(24-26-42)59-53-57-34-45-50(63-53)67(43-16-11-12-17-43)54(61-45)60-40-14-8-7-9-15-40/h7-9,14-15,19-26,34,36,43-44,46,49,68H,5-6,10-13,16-18,27-33,35H2,1-4H3,(H,56,70)(H,60,61)(H,62,69)(H,57,59,63). The van der Waals surface area contributed by atoms with Crippen molar-refractivity contribution in [1.82, 2.24) is 44.9 Å². The summed E-state index contributed by atoms with van der Waals surface area (Å²) in [6, 6.07) is 25.3. The van der Waals surface area contributed by atoms with E-state index in [4.69, 9.17) is 9.97 Å². The number of aliphatic hydroxyl groups is 1. The molecule has 0 radical (unpaired) electrons. The Labute approximate surface area is 427 Å². The highest BCUT2D eigenvalue weighted by atomic mass is 32.1. The van der Waals surface area contributed by atoms with Crippen LogP contribution in [0.15, 0.2) is 90.6 Å². The lowest BCUT2D eigenvalue weighted by molar-refractivity contribution is -0.144. The van der Waals surface area contributed by atoms with Crippen LogP contribution in [0.4, 0.5) is 29.0 Å². The predicted octanol–water partition coefficient (Wildman–Crippen LogP) is 8.74. The molecule has 3 fully saturated rings. The number of nitrogens with zero attached hydrogens (tertiary/aromatic N) is 8. The number of benzene rings is 3. The monoisotopic (exact) mass is 995 g/mol. The highest BCUT2D eigenvalue weighted by Gasteiger charge is 2.44. The van der Waals surface area contributed by atoms with Gasteiger partial charge in [0, 0.05) is 75.2 Å². The fourth-order valence-electron chi connectivity index (χ4n) is 10.3. The van der Waals surface area contributed by atoms with Crippen LogP contribution in [0.2, 0.25) is 0 Å². The smallest absolute Gasteiger partial charge is 0.246 e. The Morgan fingerprint density at radius 3 is 2.26 bits per heavy atom. The van der Waals surface area contributed by atoms with Gasteiger partial charge in [0.2, 0.25) is 29.6 Å². The zero-order valence-electron chi connectivity index (χ0n) is 42.1. The molecule has 9 rings (SSSR count). The predicted molar refractivity (Wildman–Crippen MR) is 286 cm³/mol. The van der Waals surface area contributed by atoms with Gasteiger partial charge < -0.3 is 36.2 Å². The number of unbranched alkanes of at least 4 members (excludes halogenated alkanes) is 3. The number of rotatable bonds is 19. The number of amides is 3. The van der Waals surface area contributed by atoms with Crippen LogP contribution >= 0.6 is 11.3 Å². The van der Waals surface area contributed by atoms with E-state index in [1.165, 1.54) is 23.4 Å². The summed E-state index contributed by atoms with van der Waals surface area (Å²) in [7, 11) is 0. The summed E-state index contributed by atoms with van der Waals surface area (Å²) >= 11 is 1.59. The van der Waals surface area contributed by atoms with E-state index in [0.717, 1.165) is 121 Å². The van der Waals surface area contributed by atoms with E-state index in [-0.39, 0.29) is 30.7 Å². The molecule has 2 saturated heterocycles. The number of aryl methyl sites for hydroxylation is 1. The molecule has 3 aliphatic rings. The highest BCUT2D eigenvalue weighted by Crippen LogP contribution is 2.36. The van der Waals surface area contributed by atoms with E-state index in [1.807, 2.05) is 94.0 Å². The van der Waals surface area contributed by atoms with E-state index < -0.39 is 23.6 Å². The lowest BCUT2D eigenvalue weighted by Crippen LogP contribution is -2.57. The van der Waals surface area contributed by atoms with E-state index in [1.54, 1.807) is 11.3 Å². The van der Waals surface area contributed by atoms with Crippen LogP contribution in [0, 0.1) is 12.3 Å². The Morgan fingerprint density at radius 1 is 0.833 bits per heavy atom. The maximum atomic E-state index is 14.1. The zero-order valence-corrected chi connectivity index (χ0v) is 43.0. The summed E-state index contributed by atoms with van der Waals surface area (Å²) in [5, 5.41) is 23.6. The third-order valence-electron chi connectivity index (χ3n) is 14.4. The van der Waals surface area contributed by atoms with Gasteiger partial charge in [0.15, 0.2) is 5.65 Å². The Morgan fingerprint density at radius 2 is 1.56 bits per heavy atom. The number of thiazole rings is 1. The molecule has 2 aliphatic heterocycles. The number of hydrogen-bond acceptors (Lipinski definition) is 13. The number of piperazine rings is 1. The van der Waals surface area contributed by atoms with Gasteiger partial charge >= 0.3 is 0 Å². The summed E-state index contributed by atoms with van der Waals surface area (Å²) in [5.41, 5.74) is 8.94. The van der Waals surface area contributed by atoms with E-state index >= 15 is 0 Å². The number of anilines is 5. The molecule has 1 saturated carbocycles. The summed E-state index contributed by atoms with van der Waals surface area (Å²) in [6.45, 7) is 13.0. The van der Waals surface area contributed by atoms with Crippen molar-refractivity contribution in [2.75, 3.05) is 54.8 Å². The van der Waals surface area contributed by atoms with Crippen molar-refractivity contribution in [3.05, 3.63) is 102 Å². The van der Waals surface area contributed by atoms with Crippen molar-refractivity contribution >= 4 is 69.2 Å². The minimum absolute atomic E-state index is 0.0428. The molecule has 3 aromatic heterocycles. The number of aliphatic hydroxyl groups excluding tert-OH is 1. The average molecular weight is 995 g/mol. The van der Waals surface area contributed by atoms with Crippen LogP contribution < -0.4 is 26.2 Å². The lowest BCUT2D eigenvalue weighted by atomic mass is 9.85. The van der Waals surface area contributed by atoms with Crippen LogP contribution in [0.1, 0.15) is 102 Å². The number of carbonyl (C=O) groups is 3. The van der Waals surface area contributed by atoms with E-state index in [2.05, 4.69) is 69.9 Å².